The molecular formula is C33H57N5O6. The predicted octanol–water partition coefficient (Wildman–Crippen LogP) is -1.43. The number of hydrogen-bond donors (Lipinski definition) is 7. The number of nitrogens with zero attached hydrogens (tertiary/aromatic N) is 1. The molecule has 1 aliphatic heterocycles. The third-order valence-electron chi connectivity index (χ3n) is 12.8. The molecule has 0 aromatic rings. The lowest BCUT2D eigenvalue weighted by atomic mass is 9.45. The Kier molecular flexibility index (Phi) is 10.5. The quantitative estimate of drug-likeness (QED) is 0.0784. The van der Waals surface area contributed by atoms with Gasteiger partial charge in [-0.2, -0.15) is 0 Å². The zero-order chi connectivity index (χ0) is 31.7. The number of guanidine groups is 1. The number of carboxylic acid groups (broad SMARTS) is 1. The lowest BCUT2D eigenvalue weighted by Gasteiger charge is -2.60. The summed E-state index contributed by atoms with van der Waals surface area (Å²) in [5.41, 5.74) is 5.00. The van der Waals surface area contributed by atoms with Crippen LogP contribution in [0.25, 0.3) is 0 Å². The van der Waals surface area contributed by atoms with Crippen LogP contribution < -0.4 is 26.4 Å². The Hall–Kier alpha value is -1.60. The second kappa shape index (κ2) is 13.6. The van der Waals surface area contributed by atoms with Crippen molar-refractivity contribution in [1.29, 1.82) is 0 Å². The number of piperidine rings is 1. The largest absolute Gasteiger partial charge is 0.545 e. The first-order chi connectivity index (χ1) is 21.1. The molecule has 10 atom stereocenters. The number of aliphatic hydroxyl groups excluding tert-OH is 2. The number of ether oxygens (including phenoxy) is 1. The first kappa shape index (κ1) is 33.8. The summed E-state index contributed by atoms with van der Waals surface area (Å²) in [4.78, 5) is 18.5. The third-order valence-corrected chi connectivity index (χ3v) is 12.8. The van der Waals surface area contributed by atoms with E-state index in [1.54, 1.807) is 7.05 Å². The number of rotatable bonds is 12. The fraction of sp³-hybridized carbons (Fsp3) is 0.879. The van der Waals surface area contributed by atoms with E-state index in [9.17, 15) is 25.2 Å². The van der Waals surface area contributed by atoms with E-state index in [2.05, 4.69) is 22.5 Å². The van der Waals surface area contributed by atoms with Crippen molar-refractivity contribution in [3.8, 4) is 0 Å². The van der Waals surface area contributed by atoms with E-state index in [4.69, 9.17) is 10.5 Å². The second-order valence-corrected chi connectivity index (χ2v) is 14.6. The molecular weight excluding hydrogens is 562 g/mol. The zero-order valence-electron chi connectivity index (χ0n) is 27.1. The smallest absolute Gasteiger partial charge is 0.293 e. The van der Waals surface area contributed by atoms with Gasteiger partial charge in [-0.1, -0.05) is 12.5 Å². The number of aliphatic carboxylic acids is 1. The maximum Gasteiger partial charge on any atom is 0.293 e. The lowest BCUT2D eigenvalue weighted by Crippen LogP contribution is -3.19. The molecule has 0 aromatic heterocycles. The number of carboxylic acids is 1. The van der Waals surface area contributed by atoms with Crippen molar-refractivity contribution in [3.05, 3.63) is 11.1 Å². The van der Waals surface area contributed by atoms with Crippen molar-refractivity contribution in [3.63, 3.8) is 0 Å². The molecule has 10 unspecified atom stereocenters. The standard InChI is InChI=1S/C33H57N5O6/c1-21-6-8-23-15-26-28(29(41)42)31(43,20-44-25-9-7-22(5-4-13-39)27(16-25)35-2)18-32(21,26)33(23)19-38(30(34)36-3)12-10-24(33)17-37-11-14-40/h21-25,27,35,37,39-40,43H,4-20H2,1-3H3,(H2,34,36)(H,41,42). The van der Waals surface area contributed by atoms with Crippen molar-refractivity contribution in [2.45, 2.75) is 88.9 Å². The van der Waals surface area contributed by atoms with E-state index < -0.39 is 17.0 Å². The van der Waals surface area contributed by atoms with E-state index in [1.807, 2.05) is 7.05 Å². The summed E-state index contributed by atoms with van der Waals surface area (Å²) in [7, 11) is 3.68. The molecule has 0 aromatic carbocycles. The fourth-order valence-corrected chi connectivity index (χ4v) is 11.0. The molecule has 1 saturated heterocycles. The molecule has 1 heterocycles. The summed E-state index contributed by atoms with van der Waals surface area (Å²) in [5.74, 6) is 0.464. The molecule has 44 heavy (non-hydrogen) atoms. The minimum Gasteiger partial charge on any atom is -0.545 e. The highest BCUT2D eigenvalue weighted by atomic mass is 16.5. The maximum absolute atomic E-state index is 13.0. The second-order valence-electron chi connectivity index (χ2n) is 14.6. The fourth-order valence-electron chi connectivity index (χ4n) is 11.0. The van der Waals surface area contributed by atoms with Gasteiger partial charge in [0.05, 0.1) is 38.4 Å². The van der Waals surface area contributed by atoms with Gasteiger partial charge in [0.25, 0.3) is 5.96 Å². The van der Waals surface area contributed by atoms with Gasteiger partial charge in [-0.3, -0.25) is 4.90 Å². The van der Waals surface area contributed by atoms with Crippen LogP contribution in [0.15, 0.2) is 16.1 Å². The number of allylic oxidation sites excluding steroid dienone is 1. The summed E-state index contributed by atoms with van der Waals surface area (Å²) in [6.07, 6.45) is 8.16. The van der Waals surface area contributed by atoms with Crippen molar-refractivity contribution >= 4 is 11.9 Å². The first-order valence-corrected chi connectivity index (χ1v) is 17.1. The molecule has 3 saturated carbocycles. The van der Waals surface area contributed by atoms with Gasteiger partial charge in [-0.05, 0) is 95.1 Å². The van der Waals surface area contributed by atoms with Crippen molar-refractivity contribution in [2.75, 3.05) is 60.1 Å². The summed E-state index contributed by atoms with van der Waals surface area (Å²) in [6.45, 7) is 5.29. The van der Waals surface area contributed by atoms with Gasteiger partial charge >= 0.3 is 0 Å². The summed E-state index contributed by atoms with van der Waals surface area (Å²) >= 11 is 0. The van der Waals surface area contributed by atoms with Gasteiger partial charge < -0.3 is 46.3 Å². The van der Waals surface area contributed by atoms with Crippen LogP contribution in [-0.4, -0.2) is 105 Å². The lowest BCUT2D eigenvalue weighted by molar-refractivity contribution is -0.828. The molecule has 5 aliphatic rings. The summed E-state index contributed by atoms with van der Waals surface area (Å²) in [6, 6.07) is 0.256. The number of carbonyl (C=O) groups excluding carboxylic acids is 1. The Morgan fingerprint density at radius 3 is 2.68 bits per heavy atom. The molecule has 4 fully saturated rings. The van der Waals surface area contributed by atoms with E-state index in [0.29, 0.717) is 31.3 Å². The molecule has 5 rings (SSSR count). The molecule has 2 spiro atoms. The third kappa shape index (κ3) is 5.54. The topological polar surface area (TPSA) is 177 Å². The van der Waals surface area contributed by atoms with Crippen LogP contribution in [0.5, 0.6) is 0 Å². The SMILES string of the molecule is CN=C(N)[NH+]1CCC(CNCCO)C2(C1)C1CCC(C)C23CC(O)(COC2CCC(CCCO)C(NC)C2)C(C(=O)[O-])=C3C1. The van der Waals surface area contributed by atoms with E-state index in [0.717, 1.165) is 81.5 Å². The van der Waals surface area contributed by atoms with E-state index in [1.165, 1.54) is 0 Å². The average Bonchev–Trinajstić information content (AvgIpc) is 3.37. The van der Waals surface area contributed by atoms with Gasteiger partial charge in [0, 0.05) is 49.1 Å². The predicted molar refractivity (Wildman–Crippen MR) is 166 cm³/mol. The molecule has 2 bridgehead atoms. The van der Waals surface area contributed by atoms with Gasteiger partial charge in [0.1, 0.15) is 5.60 Å². The van der Waals surface area contributed by atoms with Crippen LogP contribution >= 0.6 is 0 Å². The molecule has 8 N–H and O–H groups in total. The Bertz CT molecular complexity index is 1100. The molecule has 4 aliphatic carbocycles. The summed E-state index contributed by atoms with van der Waals surface area (Å²) < 4.78 is 6.48. The number of likely N-dealkylation sites (tertiary alicyclic amines) is 1. The van der Waals surface area contributed by atoms with Crippen LogP contribution in [0.1, 0.15) is 71.1 Å². The Morgan fingerprint density at radius 2 is 2.00 bits per heavy atom. The molecule has 0 amide bonds. The molecule has 11 heteroatoms. The van der Waals surface area contributed by atoms with Crippen molar-refractivity contribution in [2.24, 2.45) is 45.2 Å². The molecule has 11 nitrogen and oxygen atoms in total. The van der Waals surface area contributed by atoms with Crippen LogP contribution in [0.2, 0.25) is 0 Å². The van der Waals surface area contributed by atoms with Gasteiger partial charge in [-0.25, -0.2) is 4.99 Å². The van der Waals surface area contributed by atoms with E-state index in [-0.39, 0.29) is 60.7 Å². The minimum absolute atomic E-state index is 0.0556. The Balaban J connectivity index is 1.48. The van der Waals surface area contributed by atoms with Gasteiger partial charge in [0.15, 0.2) is 0 Å². The minimum atomic E-state index is -1.63. The van der Waals surface area contributed by atoms with Gasteiger partial charge in [0.2, 0.25) is 0 Å². The van der Waals surface area contributed by atoms with Gasteiger partial charge in [-0.15, -0.1) is 0 Å². The van der Waals surface area contributed by atoms with Crippen molar-refractivity contribution < 1.29 is 34.9 Å². The normalized spacial score (nSPS) is 42.2. The number of nitrogens with one attached hydrogen (secondary N) is 3. The maximum atomic E-state index is 13.0. The Labute approximate surface area is 262 Å². The monoisotopic (exact) mass is 619 g/mol. The number of hydrogen-bond acceptors (Lipinski definition) is 9. The summed E-state index contributed by atoms with van der Waals surface area (Å²) in [5, 5.41) is 51.2. The van der Waals surface area contributed by atoms with Crippen LogP contribution in [0.3, 0.4) is 0 Å². The Morgan fingerprint density at radius 1 is 1.20 bits per heavy atom. The highest BCUT2D eigenvalue weighted by molar-refractivity contribution is 5.90. The number of aliphatic imine (C=N–C) groups is 1. The van der Waals surface area contributed by atoms with Crippen LogP contribution in [0, 0.1) is 34.5 Å². The van der Waals surface area contributed by atoms with Crippen LogP contribution in [-0.2, 0) is 9.53 Å². The number of aliphatic hydroxyl groups is 3. The first-order valence-electron chi connectivity index (χ1n) is 17.1. The number of nitrogens with two attached hydrogens (primary N) is 1. The number of quaternary nitrogens is 1. The highest BCUT2D eigenvalue weighted by Gasteiger charge is 2.75. The molecule has 250 valence electrons. The van der Waals surface area contributed by atoms with Crippen LogP contribution in [0.4, 0.5) is 0 Å². The highest BCUT2D eigenvalue weighted by Crippen LogP contribution is 2.76. The van der Waals surface area contributed by atoms with E-state index >= 15 is 0 Å². The van der Waals surface area contributed by atoms with Crippen molar-refractivity contribution in [1.82, 2.24) is 10.6 Å². The number of carbonyl (C=O) groups is 1. The zero-order valence-corrected chi connectivity index (χ0v) is 27.1. The molecule has 0 radical (unpaired) electrons. The average molecular weight is 620 g/mol.